The molecule has 0 aliphatic rings. The summed E-state index contributed by atoms with van der Waals surface area (Å²) < 4.78 is 0. The van der Waals surface area contributed by atoms with E-state index in [1.54, 1.807) is 11.3 Å². The molecular weight excluding hydrogens is 264 g/mol. The Bertz CT molecular complexity index is 530. The lowest BCUT2D eigenvalue weighted by molar-refractivity contribution is -0.122. The zero-order valence-corrected chi connectivity index (χ0v) is 11.9. The molecule has 0 saturated heterocycles. The van der Waals surface area contributed by atoms with E-state index in [9.17, 15) is 4.79 Å². The fraction of sp³-hybridized carbons (Fsp3) is 0.545. The summed E-state index contributed by atoms with van der Waals surface area (Å²) in [6.45, 7) is 6.10. The molecule has 2 aromatic rings. The van der Waals surface area contributed by atoms with E-state index in [0.29, 0.717) is 0 Å². The van der Waals surface area contributed by atoms with Crippen LogP contribution in [0.2, 0.25) is 0 Å². The summed E-state index contributed by atoms with van der Waals surface area (Å²) in [6.07, 6.45) is 2.10. The predicted molar refractivity (Wildman–Crippen MR) is 70.6 cm³/mol. The van der Waals surface area contributed by atoms with Crippen LogP contribution in [0.4, 0.5) is 0 Å². The minimum Gasteiger partial charge on any atom is -0.345 e. The van der Waals surface area contributed by atoms with Crippen LogP contribution >= 0.6 is 11.3 Å². The van der Waals surface area contributed by atoms with Crippen molar-refractivity contribution in [3.63, 3.8) is 0 Å². The van der Waals surface area contributed by atoms with Crippen molar-refractivity contribution < 1.29 is 4.79 Å². The second-order valence-corrected chi connectivity index (χ2v) is 5.42. The van der Waals surface area contributed by atoms with E-state index in [0.717, 1.165) is 17.1 Å². The molecular formula is C11H16N6OS. The van der Waals surface area contributed by atoms with Crippen molar-refractivity contribution in [3.05, 3.63) is 21.9 Å². The maximum atomic E-state index is 11.9. The Morgan fingerprint density at radius 1 is 1.53 bits per heavy atom. The molecule has 8 heteroatoms. The molecule has 2 aromatic heterocycles. The summed E-state index contributed by atoms with van der Waals surface area (Å²) in [4.78, 5) is 18.8. The van der Waals surface area contributed by atoms with Crippen LogP contribution < -0.4 is 5.32 Å². The first-order valence-corrected chi connectivity index (χ1v) is 6.85. The highest BCUT2D eigenvalue weighted by atomic mass is 32.1. The van der Waals surface area contributed by atoms with Crippen LogP contribution in [0.15, 0.2) is 6.33 Å². The van der Waals surface area contributed by atoms with E-state index in [1.807, 2.05) is 20.8 Å². The van der Waals surface area contributed by atoms with Crippen molar-refractivity contribution in [1.82, 2.24) is 30.5 Å². The number of hydrogen-bond donors (Lipinski definition) is 1. The monoisotopic (exact) mass is 280 g/mol. The molecule has 7 nitrogen and oxygen atoms in total. The molecule has 0 bridgehead atoms. The lowest BCUT2D eigenvalue weighted by Gasteiger charge is -2.13. The van der Waals surface area contributed by atoms with Crippen molar-refractivity contribution in [1.29, 1.82) is 0 Å². The summed E-state index contributed by atoms with van der Waals surface area (Å²) in [5, 5.41) is 14.9. The van der Waals surface area contributed by atoms with Crippen molar-refractivity contribution in [3.8, 4) is 0 Å². The Morgan fingerprint density at radius 3 is 2.84 bits per heavy atom. The largest absolute Gasteiger partial charge is 0.345 e. The Labute approximate surface area is 115 Å². The first-order valence-electron chi connectivity index (χ1n) is 6.04. The molecule has 2 heterocycles. The molecule has 2 rings (SSSR count). The zero-order valence-electron chi connectivity index (χ0n) is 11.1. The molecule has 0 spiro atoms. The SMILES string of the molecule is CC[C@@H](NC(=O)Cn1ncnn1)c1nc(C)c(C)s1. The van der Waals surface area contributed by atoms with Crippen LogP contribution in [0.3, 0.4) is 0 Å². The molecule has 1 atom stereocenters. The lowest BCUT2D eigenvalue weighted by atomic mass is 10.2. The lowest BCUT2D eigenvalue weighted by Crippen LogP contribution is -2.32. The van der Waals surface area contributed by atoms with Crippen molar-refractivity contribution in [2.45, 2.75) is 39.8 Å². The Balaban J connectivity index is 2.00. The molecule has 1 N–H and O–H groups in total. The average Bonchev–Trinajstić information content (AvgIpc) is 2.97. The normalized spacial score (nSPS) is 12.4. The van der Waals surface area contributed by atoms with Gasteiger partial charge in [-0.1, -0.05) is 6.92 Å². The number of carbonyl (C=O) groups excluding carboxylic acids is 1. The van der Waals surface area contributed by atoms with Gasteiger partial charge in [0.15, 0.2) is 6.33 Å². The molecule has 1 amide bonds. The number of carbonyl (C=O) groups is 1. The molecule has 102 valence electrons. The quantitative estimate of drug-likeness (QED) is 0.883. The van der Waals surface area contributed by atoms with Crippen molar-refractivity contribution in [2.75, 3.05) is 0 Å². The van der Waals surface area contributed by atoms with Gasteiger partial charge < -0.3 is 5.32 Å². The highest BCUT2D eigenvalue weighted by Gasteiger charge is 2.17. The summed E-state index contributed by atoms with van der Waals surface area (Å²) in [6, 6.07) is -0.0616. The van der Waals surface area contributed by atoms with Crippen LogP contribution in [0.5, 0.6) is 0 Å². The van der Waals surface area contributed by atoms with Gasteiger partial charge in [0.05, 0.1) is 11.7 Å². The fourth-order valence-electron chi connectivity index (χ4n) is 1.61. The third-order valence-corrected chi connectivity index (χ3v) is 3.95. The molecule has 0 aliphatic heterocycles. The van der Waals surface area contributed by atoms with Crippen molar-refractivity contribution >= 4 is 17.2 Å². The second kappa shape index (κ2) is 5.87. The molecule has 0 radical (unpaired) electrons. The van der Waals surface area contributed by atoms with Gasteiger partial charge in [-0.25, -0.2) is 4.98 Å². The van der Waals surface area contributed by atoms with E-state index < -0.39 is 0 Å². The fourth-order valence-corrected chi connectivity index (χ4v) is 2.67. The number of nitrogens with zero attached hydrogens (tertiary/aromatic N) is 5. The topological polar surface area (TPSA) is 85.6 Å². The summed E-state index contributed by atoms with van der Waals surface area (Å²) in [7, 11) is 0. The summed E-state index contributed by atoms with van der Waals surface area (Å²) >= 11 is 1.62. The number of nitrogens with one attached hydrogen (secondary N) is 1. The van der Waals surface area contributed by atoms with Crippen LogP contribution in [0.25, 0.3) is 0 Å². The maximum absolute atomic E-state index is 11.9. The van der Waals surface area contributed by atoms with Gasteiger partial charge in [0, 0.05) is 4.88 Å². The third kappa shape index (κ3) is 3.34. The van der Waals surface area contributed by atoms with E-state index in [1.165, 1.54) is 16.0 Å². The number of rotatable bonds is 5. The van der Waals surface area contributed by atoms with Crippen LogP contribution in [-0.4, -0.2) is 31.1 Å². The van der Waals surface area contributed by atoms with Gasteiger partial charge in [-0.3, -0.25) is 4.79 Å². The molecule has 19 heavy (non-hydrogen) atoms. The highest BCUT2D eigenvalue weighted by molar-refractivity contribution is 7.11. The molecule has 0 aliphatic carbocycles. The smallest absolute Gasteiger partial charge is 0.244 e. The number of aromatic nitrogens is 5. The standard InChI is InChI=1S/C11H16N6OS/c1-4-9(11-14-7(2)8(3)19-11)15-10(18)5-17-13-6-12-16-17/h6,9H,4-5H2,1-3H3,(H,15,18)/t9-/m1/s1. The van der Waals surface area contributed by atoms with Gasteiger partial charge in [-0.05, 0) is 25.5 Å². The van der Waals surface area contributed by atoms with Crippen LogP contribution in [-0.2, 0) is 11.3 Å². The Hall–Kier alpha value is -1.83. The number of aryl methyl sites for hydroxylation is 2. The van der Waals surface area contributed by atoms with Gasteiger partial charge in [0.2, 0.25) is 5.91 Å². The Morgan fingerprint density at radius 2 is 2.32 bits per heavy atom. The maximum Gasteiger partial charge on any atom is 0.244 e. The number of tetrazole rings is 1. The first kappa shape index (κ1) is 13.6. The van der Waals surface area contributed by atoms with E-state index in [-0.39, 0.29) is 18.5 Å². The van der Waals surface area contributed by atoms with E-state index in [4.69, 9.17) is 0 Å². The molecule has 0 saturated carbocycles. The third-order valence-electron chi connectivity index (χ3n) is 2.76. The van der Waals surface area contributed by atoms with E-state index in [2.05, 4.69) is 25.7 Å². The predicted octanol–water partition coefficient (Wildman–Crippen LogP) is 1.01. The van der Waals surface area contributed by atoms with Gasteiger partial charge in [-0.2, -0.15) is 4.80 Å². The number of thiazole rings is 1. The summed E-state index contributed by atoms with van der Waals surface area (Å²) in [5.74, 6) is -0.143. The van der Waals surface area contributed by atoms with Crippen LogP contribution in [0, 0.1) is 13.8 Å². The van der Waals surface area contributed by atoms with Crippen LogP contribution in [0.1, 0.15) is 35.0 Å². The molecule has 0 unspecified atom stereocenters. The second-order valence-electron chi connectivity index (χ2n) is 4.19. The molecule has 0 fully saturated rings. The minimum absolute atomic E-state index is 0.0616. The van der Waals surface area contributed by atoms with Gasteiger partial charge >= 0.3 is 0 Å². The summed E-state index contributed by atoms with van der Waals surface area (Å²) in [5.41, 5.74) is 1.02. The van der Waals surface area contributed by atoms with Gasteiger partial charge in [-0.15, -0.1) is 21.5 Å². The number of amides is 1. The van der Waals surface area contributed by atoms with Gasteiger partial charge in [0.25, 0.3) is 0 Å². The molecule has 0 aromatic carbocycles. The highest BCUT2D eigenvalue weighted by Crippen LogP contribution is 2.24. The zero-order chi connectivity index (χ0) is 13.8. The average molecular weight is 280 g/mol. The first-order chi connectivity index (χ1) is 9.10. The van der Waals surface area contributed by atoms with Crippen molar-refractivity contribution in [2.24, 2.45) is 0 Å². The number of hydrogen-bond acceptors (Lipinski definition) is 6. The van der Waals surface area contributed by atoms with E-state index >= 15 is 0 Å². The minimum atomic E-state index is -0.143. The Kier molecular flexibility index (Phi) is 4.20. The van der Waals surface area contributed by atoms with Gasteiger partial charge in [0.1, 0.15) is 11.6 Å².